The number of anilines is 1. The highest BCUT2D eigenvalue weighted by Crippen LogP contribution is 2.26. The lowest BCUT2D eigenvalue weighted by Gasteiger charge is -2.05. The van der Waals surface area contributed by atoms with Crippen LogP contribution in [0.1, 0.15) is 11.1 Å². The lowest BCUT2D eigenvalue weighted by Crippen LogP contribution is -2.14. The molecule has 4 rings (SSSR count). The molecular weight excluding hydrogens is 414 g/mol. The Hall–Kier alpha value is -2.97. The quantitative estimate of drug-likeness (QED) is 0.434. The first kappa shape index (κ1) is 20.3. The van der Waals surface area contributed by atoms with Gasteiger partial charge in [-0.05, 0) is 19.9 Å². The van der Waals surface area contributed by atoms with Crippen LogP contribution in [0.3, 0.4) is 0 Å². The molecule has 0 atom stereocenters. The number of nitrogens with one attached hydrogen (secondary N) is 1. The van der Waals surface area contributed by atoms with Gasteiger partial charge in [-0.25, -0.2) is 4.98 Å². The number of nitrogens with zero attached hydrogens (tertiary/aromatic N) is 4. The van der Waals surface area contributed by atoms with Gasteiger partial charge in [-0.3, -0.25) is 4.79 Å². The van der Waals surface area contributed by atoms with Gasteiger partial charge < -0.3 is 9.88 Å². The molecule has 0 spiro atoms. The maximum absolute atomic E-state index is 12.4. The Labute approximate surface area is 183 Å². The minimum absolute atomic E-state index is 0.120. The summed E-state index contributed by atoms with van der Waals surface area (Å²) >= 11 is 2.77. The minimum Gasteiger partial charge on any atom is -0.305 e. The smallest absolute Gasteiger partial charge is 0.236 e. The summed E-state index contributed by atoms with van der Waals surface area (Å²) < 4.78 is 1.91. The Morgan fingerprint density at radius 3 is 2.63 bits per heavy atom. The summed E-state index contributed by atoms with van der Waals surface area (Å²) in [6.07, 6.45) is 0. The Kier molecular flexibility index (Phi) is 5.96. The van der Waals surface area contributed by atoms with Crippen molar-refractivity contribution in [2.75, 3.05) is 11.1 Å². The fourth-order valence-electron chi connectivity index (χ4n) is 2.95. The number of thioether (sulfide) groups is 1. The fraction of sp³-hybridized carbons (Fsp3) is 0.182. The second-order valence-corrected chi connectivity index (χ2v) is 8.78. The van der Waals surface area contributed by atoms with E-state index < -0.39 is 0 Å². The monoisotopic (exact) mass is 435 g/mol. The number of hydrogen-bond donors (Lipinski definition) is 1. The number of carbonyl (C=O) groups is 1. The van der Waals surface area contributed by atoms with Crippen LogP contribution >= 0.6 is 23.1 Å². The number of amides is 1. The molecule has 1 amide bonds. The predicted octanol–water partition coefficient (Wildman–Crippen LogP) is 4.95. The van der Waals surface area contributed by atoms with Crippen LogP contribution in [0.25, 0.3) is 22.6 Å². The Balaban J connectivity index is 1.37. The summed E-state index contributed by atoms with van der Waals surface area (Å²) in [7, 11) is 1.91. The number of hydrogen-bond acceptors (Lipinski definition) is 6. The zero-order chi connectivity index (χ0) is 21.1. The highest BCUT2D eigenvalue weighted by Gasteiger charge is 2.14. The van der Waals surface area contributed by atoms with E-state index in [9.17, 15) is 4.79 Å². The van der Waals surface area contributed by atoms with Crippen LogP contribution in [0.5, 0.6) is 0 Å². The number of aryl methyl sites for hydroxylation is 2. The van der Waals surface area contributed by atoms with Crippen molar-refractivity contribution in [2.45, 2.75) is 19.0 Å². The molecule has 0 aliphatic rings. The van der Waals surface area contributed by atoms with Gasteiger partial charge in [0.25, 0.3) is 0 Å². The molecule has 0 saturated heterocycles. The summed E-state index contributed by atoms with van der Waals surface area (Å²) in [5, 5.41) is 14.6. The van der Waals surface area contributed by atoms with E-state index in [2.05, 4.69) is 45.6 Å². The van der Waals surface area contributed by atoms with Gasteiger partial charge in [0, 0.05) is 23.6 Å². The van der Waals surface area contributed by atoms with Crippen LogP contribution in [0.2, 0.25) is 0 Å². The van der Waals surface area contributed by atoms with Crippen LogP contribution in [-0.2, 0) is 11.8 Å². The lowest BCUT2D eigenvalue weighted by molar-refractivity contribution is -0.113. The molecule has 2 aromatic heterocycles. The summed E-state index contributed by atoms with van der Waals surface area (Å²) in [6.45, 7) is 4.10. The molecule has 30 heavy (non-hydrogen) atoms. The summed E-state index contributed by atoms with van der Waals surface area (Å²) in [6, 6.07) is 16.3. The Morgan fingerprint density at radius 2 is 1.87 bits per heavy atom. The van der Waals surface area contributed by atoms with Crippen LogP contribution in [0, 0.1) is 13.8 Å². The van der Waals surface area contributed by atoms with Gasteiger partial charge in [-0.2, -0.15) is 0 Å². The molecule has 0 aliphatic heterocycles. The molecule has 0 unspecified atom stereocenters. The average Bonchev–Trinajstić information content (AvgIpc) is 3.34. The van der Waals surface area contributed by atoms with E-state index in [1.54, 1.807) is 0 Å². The predicted molar refractivity (Wildman–Crippen MR) is 123 cm³/mol. The third-order valence-electron chi connectivity index (χ3n) is 4.54. The molecule has 0 fully saturated rings. The maximum atomic E-state index is 12.4. The van der Waals surface area contributed by atoms with Crippen molar-refractivity contribution in [3.63, 3.8) is 0 Å². The van der Waals surface area contributed by atoms with E-state index >= 15 is 0 Å². The van der Waals surface area contributed by atoms with Crippen molar-refractivity contribution >= 4 is 34.1 Å². The van der Waals surface area contributed by atoms with E-state index in [-0.39, 0.29) is 11.7 Å². The molecule has 4 aromatic rings. The highest BCUT2D eigenvalue weighted by atomic mass is 32.2. The van der Waals surface area contributed by atoms with Gasteiger partial charge in [0.15, 0.2) is 16.1 Å². The fourth-order valence-corrected chi connectivity index (χ4v) is 4.40. The first-order valence-corrected chi connectivity index (χ1v) is 11.3. The Morgan fingerprint density at radius 1 is 1.07 bits per heavy atom. The maximum Gasteiger partial charge on any atom is 0.236 e. The van der Waals surface area contributed by atoms with Crippen molar-refractivity contribution in [1.82, 2.24) is 19.7 Å². The number of rotatable bonds is 6. The third kappa shape index (κ3) is 4.60. The largest absolute Gasteiger partial charge is 0.305 e. The van der Waals surface area contributed by atoms with E-state index in [0.29, 0.717) is 10.3 Å². The van der Waals surface area contributed by atoms with E-state index in [1.165, 1.54) is 28.7 Å². The van der Waals surface area contributed by atoms with Crippen molar-refractivity contribution in [2.24, 2.45) is 7.05 Å². The van der Waals surface area contributed by atoms with Crippen molar-refractivity contribution < 1.29 is 4.79 Å². The molecule has 6 nitrogen and oxygen atoms in total. The molecule has 1 N–H and O–H groups in total. The van der Waals surface area contributed by atoms with Crippen molar-refractivity contribution in [3.8, 4) is 22.6 Å². The molecule has 2 heterocycles. The second kappa shape index (κ2) is 8.81. The summed E-state index contributed by atoms with van der Waals surface area (Å²) in [5.41, 5.74) is 5.27. The number of aromatic nitrogens is 4. The normalized spacial score (nSPS) is 10.9. The molecule has 0 saturated carbocycles. The number of thiazole rings is 1. The van der Waals surface area contributed by atoms with Crippen LogP contribution in [-0.4, -0.2) is 31.4 Å². The standard InChI is InChI=1S/C22H21N5OS2/c1-14-7-9-16(10-8-14)18-12-29-21(23-18)24-19(28)13-30-22-26-25-20(27(22)3)17-6-4-5-15(2)11-17/h4-12H,13H2,1-3H3,(H,23,24,28). The summed E-state index contributed by atoms with van der Waals surface area (Å²) in [5.74, 6) is 0.897. The number of carbonyl (C=O) groups excluding carboxylic acids is 1. The van der Waals surface area contributed by atoms with Gasteiger partial charge >= 0.3 is 0 Å². The van der Waals surface area contributed by atoms with Crippen molar-refractivity contribution in [3.05, 3.63) is 65.0 Å². The molecule has 8 heteroatoms. The molecule has 0 radical (unpaired) electrons. The van der Waals surface area contributed by atoms with Gasteiger partial charge in [0.1, 0.15) is 0 Å². The summed E-state index contributed by atoms with van der Waals surface area (Å²) in [4.78, 5) is 16.9. The lowest BCUT2D eigenvalue weighted by atomic mass is 10.1. The van der Waals surface area contributed by atoms with E-state index in [4.69, 9.17) is 0 Å². The highest BCUT2D eigenvalue weighted by molar-refractivity contribution is 7.99. The second-order valence-electron chi connectivity index (χ2n) is 6.98. The van der Waals surface area contributed by atoms with Crippen LogP contribution in [0.4, 0.5) is 5.13 Å². The number of benzene rings is 2. The van der Waals surface area contributed by atoms with Gasteiger partial charge in [-0.15, -0.1) is 21.5 Å². The molecule has 0 aliphatic carbocycles. The first-order valence-electron chi connectivity index (χ1n) is 9.41. The molecule has 152 valence electrons. The van der Waals surface area contributed by atoms with Crippen molar-refractivity contribution in [1.29, 1.82) is 0 Å². The van der Waals surface area contributed by atoms with Gasteiger partial charge in [0.2, 0.25) is 5.91 Å². The molecule has 2 aromatic carbocycles. The zero-order valence-electron chi connectivity index (χ0n) is 16.9. The van der Waals surface area contributed by atoms with E-state index in [0.717, 1.165) is 28.2 Å². The molecular formula is C22H21N5OS2. The van der Waals surface area contributed by atoms with Crippen LogP contribution < -0.4 is 5.32 Å². The average molecular weight is 436 g/mol. The topological polar surface area (TPSA) is 72.7 Å². The van der Waals surface area contributed by atoms with E-state index in [1.807, 2.05) is 54.3 Å². The molecule has 0 bridgehead atoms. The zero-order valence-corrected chi connectivity index (χ0v) is 18.5. The minimum atomic E-state index is -0.120. The third-order valence-corrected chi connectivity index (χ3v) is 6.32. The van der Waals surface area contributed by atoms with Gasteiger partial charge in [0.05, 0.1) is 11.4 Å². The first-order chi connectivity index (χ1) is 14.5. The Bertz CT molecular complexity index is 1180. The van der Waals surface area contributed by atoms with Gasteiger partial charge in [-0.1, -0.05) is 65.4 Å². The SMILES string of the molecule is Cc1ccc(-c2csc(NC(=O)CSc3nnc(-c4cccc(C)c4)n3C)n2)cc1. The van der Waals surface area contributed by atoms with Crippen LogP contribution in [0.15, 0.2) is 59.1 Å².